The molecule has 0 aliphatic carbocycles. The molecule has 0 amide bonds. The van der Waals surface area contributed by atoms with Crippen LogP contribution in [0.15, 0.2) is 0 Å². The Morgan fingerprint density at radius 3 is 2.44 bits per heavy atom. The second-order valence-corrected chi connectivity index (χ2v) is 2.55. The summed E-state index contributed by atoms with van der Waals surface area (Å²) < 4.78 is 28.4. The Labute approximate surface area is 53.0 Å². The van der Waals surface area contributed by atoms with Gasteiger partial charge >= 0.3 is 0 Å². The van der Waals surface area contributed by atoms with Crippen LogP contribution in [0, 0.1) is 5.92 Å². The van der Waals surface area contributed by atoms with E-state index in [1.54, 1.807) is 0 Å². The lowest BCUT2D eigenvalue weighted by atomic mass is 10.1. The van der Waals surface area contributed by atoms with Crippen molar-refractivity contribution < 1.29 is 13.5 Å². The molecule has 0 aromatic heterocycles. The van der Waals surface area contributed by atoms with Gasteiger partial charge in [0.25, 0.3) is 6.43 Å². The molecule has 1 saturated heterocycles. The zero-order valence-corrected chi connectivity index (χ0v) is 5.31. The molecule has 1 aliphatic rings. The summed E-state index contributed by atoms with van der Waals surface area (Å²) in [6.45, 7) is 2.41. The molecular weight excluding hydrogens is 126 g/mol. The van der Waals surface area contributed by atoms with Crippen molar-refractivity contribution >= 4 is 0 Å². The summed E-state index contributed by atoms with van der Waals surface area (Å²) >= 11 is 0. The molecule has 1 nitrogen and oxygen atoms in total. The zero-order chi connectivity index (χ0) is 6.85. The summed E-state index contributed by atoms with van der Waals surface area (Å²) in [6.07, 6.45) is -2.58. The van der Waals surface area contributed by atoms with Crippen molar-refractivity contribution in [3.63, 3.8) is 0 Å². The fourth-order valence-electron chi connectivity index (χ4n) is 0.996. The molecule has 0 spiro atoms. The molecule has 0 bridgehead atoms. The van der Waals surface area contributed by atoms with Crippen LogP contribution in [0.4, 0.5) is 8.78 Å². The molecule has 54 valence electrons. The maximum Gasteiger partial charge on any atom is 0.264 e. The van der Waals surface area contributed by atoms with Crippen molar-refractivity contribution in [2.45, 2.75) is 25.9 Å². The van der Waals surface area contributed by atoms with Gasteiger partial charge in [-0.3, -0.25) is 0 Å². The zero-order valence-electron chi connectivity index (χ0n) is 5.31. The second-order valence-electron chi connectivity index (χ2n) is 2.55. The lowest BCUT2D eigenvalue weighted by molar-refractivity contribution is -0.0222. The fourth-order valence-corrected chi connectivity index (χ4v) is 0.996. The predicted molar refractivity (Wildman–Crippen MR) is 29.5 cm³/mol. The van der Waals surface area contributed by atoms with Crippen LogP contribution in [0.2, 0.25) is 0 Å². The smallest absolute Gasteiger partial charge is 0.264 e. The SMILES string of the molecule is CC1COC(C(F)F)C1. The molecule has 2 unspecified atom stereocenters. The van der Waals surface area contributed by atoms with Crippen molar-refractivity contribution in [1.29, 1.82) is 0 Å². The van der Waals surface area contributed by atoms with Gasteiger partial charge in [0.05, 0.1) is 0 Å². The Balaban J connectivity index is 2.30. The largest absolute Gasteiger partial charge is 0.372 e. The topological polar surface area (TPSA) is 9.23 Å². The Hall–Kier alpha value is -0.180. The quantitative estimate of drug-likeness (QED) is 0.532. The number of halogens is 2. The molecule has 1 fully saturated rings. The molecular formula is C6H10F2O. The van der Waals surface area contributed by atoms with Crippen LogP contribution in [0.5, 0.6) is 0 Å². The minimum atomic E-state index is -2.30. The molecule has 2 atom stereocenters. The first-order chi connectivity index (χ1) is 4.20. The van der Waals surface area contributed by atoms with Crippen molar-refractivity contribution in [2.24, 2.45) is 5.92 Å². The van der Waals surface area contributed by atoms with Crippen LogP contribution < -0.4 is 0 Å². The van der Waals surface area contributed by atoms with Crippen LogP contribution in [0.3, 0.4) is 0 Å². The summed E-state index contributed by atoms with van der Waals surface area (Å²) in [5, 5.41) is 0. The first-order valence-corrected chi connectivity index (χ1v) is 3.10. The monoisotopic (exact) mass is 136 g/mol. The van der Waals surface area contributed by atoms with E-state index in [1.165, 1.54) is 0 Å². The first-order valence-electron chi connectivity index (χ1n) is 3.10. The average Bonchev–Trinajstić information content (AvgIpc) is 2.14. The van der Waals surface area contributed by atoms with Gasteiger partial charge < -0.3 is 4.74 Å². The molecule has 9 heavy (non-hydrogen) atoms. The van der Waals surface area contributed by atoms with Crippen molar-refractivity contribution in [2.75, 3.05) is 6.61 Å². The van der Waals surface area contributed by atoms with Crippen LogP contribution in [-0.4, -0.2) is 19.1 Å². The van der Waals surface area contributed by atoms with Gasteiger partial charge in [-0.15, -0.1) is 0 Å². The van der Waals surface area contributed by atoms with E-state index in [4.69, 9.17) is 4.74 Å². The van der Waals surface area contributed by atoms with E-state index in [0.717, 1.165) is 0 Å². The summed E-state index contributed by atoms with van der Waals surface area (Å²) in [5.74, 6) is 0.309. The lowest BCUT2D eigenvalue weighted by Crippen LogP contribution is -2.15. The Bertz CT molecular complexity index is 95.1. The molecule has 1 rings (SSSR count). The number of hydrogen-bond acceptors (Lipinski definition) is 1. The van der Waals surface area contributed by atoms with Gasteiger partial charge in [0.2, 0.25) is 0 Å². The molecule has 0 saturated carbocycles. The predicted octanol–water partition coefficient (Wildman–Crippen LogP) is 1.68. The maximum atomic E-state index is 11.8. The van der Waals surface area contributed by atoms with Crippen LogP contribution in [0.25, 0.3) is 0 Å². The number of ether oxygens (including phenoxy) is 1. The van der Waals surface area contributed by atoms with Gasteiger partial charge in [0.1, 0.15) is 6.10 Å². The van der Waals surface area contributed by atoms with Crippen LogP contribution in [-0.2, 0) is 4.74 Å². The molecule has 0 aromatic carbocycles. The summed E-state index contributed by atoms with van der Waals surface area (Å²) in [6, 6.07) is 0. The normalized spacial score (nSPS) is 36.0. The van der Waals surface area contributed by atoms with Crippen molar-refractivity contribution in [1.82, 2.24) is 0 Å². The number of hydrogen-bond donors (Lipinski definition) is 0. The van der Waals surface area contributed by atoms with Crippen LogP contribution >= 0.6 is 0 Å². The Morgan fingerprint density at radius 1 is 1.56 bits per heavy atom. The minimum Gasteiger partial charge on any atom is -0.372 e. The molecule has 1 heterocycles. The van der Waals surface area contributed by atoms with Gasteiger partial charge in [-0.1, -0.05) is 6.92 Å². The lowest BCUT2D eigenvalue weighted by Gasteiger charge is -2.05. The fraction of sp³-hybridized carbons (Fsp3) is 1.00. The van der Waals surface area contributed by atoms with Crippen molar-refractivity contribution in [3.05, 3.63) is 0 Å². The third-order valence-electron chi connectivity index (χ3n) is 1.51. The molecule has 3 heteroatoms. The minimum absolute atomic E-state index is 0.309. The molecule has 0 radical (unpaired) electrons. The second kappa shape index (κ2) is 2.60. The van der Waals surface area contributed by atoms with Crippen LogP contribution in [0.1, 0.15) is 13.3 Å². The maximum absolute atomic E-state index is 11.8. The third-order valence-corrected chi connectivity index (χ3v) is 1.51. The van der Waals surface area contributed by atoms with Gasteiger partial charge in [-0.2, -0.15) is 0 Å². The highest BCUT2D eigenvalue weighted by molar-refractivity contribution is 4.71. The van der Waals surface area contributed by atoms with Crippen molar-refractivity contribution in [3.8, 4) is 0 Å². The van der Waals surface area contributed by atoms with E-state index in [-0.39, 0.29) is 0 Å². The van der Waals surface area contributed by atoms with Gasteiger partial charge in [-0.25, -0.2) is 8.78 Å². The van der Waals surface area contributed by atoms with Gasteiger partial charge in [0, 0.05) is 6.61 Å². The van der Waals surface area contributed by atoms with E-state index in [2.05, 4.69) is 0 Å². The Morgan fingerprint density at radius 2 is 2.22 bits per heavy atom. The Kier molecular flexibility index (Phi) is 2.01. The number of rotatable bonds is 1. The summed E-state index contributed by atoms with van der Waals surface area (Å²) in [7, 11) is 0. The van der Waals surface area contributed by atoms with E-state index in [0.29, 0.717) is 18.9 Å². The van der Waals surface area contributed by atoms with E-state index >= 15 is 0 Å². The highest BCUT2D eigenvalue weighted by Crippen LogP contribution is 2.23. The van der Waals surface area contributed by atoms with E-state index in [1.807, 2.05) is 6.92 Å². The third kappa shape index (κ3) is 1.61. The highest BCUT2D eigenvalue weighted by atomic mass is 19.3. The van der Waals surface area contributed by atoms with Gasteiger partial charge in [-0.05, 0) is 12.3 Å². The first kappa shape index (κ1) is 6.93. The van der Waals surface area contributed by atoms with Gasteiger partial charge in [0.15, 0.2) is 0 Å². The van der Waals surface area contributed by atoms with E-state index < -0.39 is 12.5 Å². The summed E-state index contributed by atoms with van der Waals surface area (Å²) in [4.78, 5) is 0. The molecule has 1 aliphatic heterocycles. The molecule has 0 N–H and O–H groups in total. The summed E-state index contributed by atoms with van der Waals surface area (Å²) in [5.41, 5.74) is 0. The number of alkyl halides is 2. The standard InChI is InChI=1S/C6H10F2O/c1-4-2-5(6(7)8)9-3-4/h4-6H,2-3H2,1H3. The molecule has 0 aromatic rings. The van der Waals surface area contributed by atoms with E-state index in [9.17, 15) is 8.78 Å². The average molecular weight is 136 g/mol. The highest BCUT2D eigenvalue weighted by Gasteiger charge is 2.29.